The number of phosphoric acid groups is 1. The Morgan fingerprint density at radius 3 is 1.98 bits per heavy atom. The summed E-state index contributed by atoms with van der Waals surface area (Å²) in [4.78, 5) is 47.2. The van der Waals surface area contributed by atoms with Crippen LogP contribution in [0.15, 0.2) is 48.6 Å². The smallest absolute Gasteiger partial charge is 0.472 e. The summed E-state index contributed by atoms with van der Waals surface area (Å²) in [5.74, 6) is -2.23. The SMILES string of the molecule is CCCCC/C=C\C\C=C/C=C/C=C/[C@@H](SC[C@H](N)C(=O)OC[C@H](COP(=O)(O)OCC[N+](C)(C)C)OC(=O)CCCCCCCCCCCCCC)[C@@H](O)CCCC(=O)O. The van der Waals surface area contributed by atoms with Crippen LogP contribution in [0.3, 0.4) is 0 Å². The number of carbonyl (C=O) groups is 3. The van der Waals surface area contributed by atoms with E-state index in [9.17, 15) is 28.9 Å². The molecule has 0 aliphatic carbocycles. The van der Waals surface area contributed by atoms with Crippen molar-refractivity contribution in [2.75, 3.05) is 53.3 Å². The molecule has 0 saturated heterocycles. The number of phosphoric ester groups is 1. The molecule has 0 amide bonds. The van der Waals surface area contributed by atoms with E-state index in [1.54, 1.807) is 12.2 Å². The van der Waals surface area contributed by atoms with Gasteiger partial charge in [0.15, 0.2) is 6.10 Å². The number of aliphatic hydroxyl groups is 1. The Labute approximate surface area is 373 Å². The van der Waals surface area contributed by atoms with E-state index in [1.165, 1.54) is 82.4 Å². The first-order chi connectivity index (χ1) is 29.1. The monoisotopic (exact) mass is 904 g/mol. The molecule has 354 valence electrons. The number of quaternary nitrogens is 1. The Kier molecular flexibility index (Phi) is 36.8. The van der Waals surface area contributed by atoms with Crippen LogP contribution < -0.4 is 5.73 Å². The summed E-state index contributed by atoms with van der Waals surface area (Å²) in [5, 5.41) is 19.5. The average Bonchev–Trinajstić information content (AvgIpc) is 3.19. The molecule has 0 rings (SSSR count). The molecule has 0 heterocycles. The van der Waals surface area contributed by atoms with E-state index in [0.717, 1.165) is 32.1 Å². The molecule has 0 aliphatic rings. The van der Waals surface area contributed by atoms with Gasteiger partial charge in [0.1, 0.15) is 25.8 Å². The van der Waals surface area contributed by atoms with E-state index in [1.807, 2.05) is 45.4 Å². The van der Waals surface area contributed by atoms with Gasteiger partial charge in [-0.15, -0.1) is 11.8 Å². The number of esters is 2. The lowest BCUT2D eigenvalue weighted by Crippen LogP contribution is -2.39. The molecule has 15 heteroatoms. The third-order valence-electron chi connectivity index (χ3n) is 9.61. The quantitative estimate of drug-likeness (QED) is 0.0113. The van der Waals surface area contributed by atoms with E-state index in [-0.39, 0.29) is 38.0 Å². The number of hydrogen-bond donors (Lipinski definition) is 4. The zero-order chi connectivity index (χ0) is 45.6. The summed E-state index contributed by atoms with van der Waals surface area (Å²) in [6.45, 7) is 3.80. The summed E-state index contributed by atoms with van der Waals surface area (Å²) in [6.07, 6.45) is 33.4. The summed E-state index contributed by atoms with van der Waals surface area (Å²) in [7, 11) is 1.22. The topological polar surface area (TPSA) is 192 Å². The molecule has 61 heavy (non-hydrogen) atoms. The number of nitrogens with two attached hydrogens (primary N) is 1. The van der Waals surface area contributed by atoms with E-state index in [0.29, 0.717) is 17.4 Å². The van der Waals surface area contributed by atoms with Crippen molar-refractivity contribution in [2.24, 2.45) is 5.73 Å². The molecule has 1 unspecified atom stereocenters. The molecule has 0 aromatic rings. The Hall–Kier alpha value is -2.29. The second-order valence-corrected chi connectivity index (χ2v) is 19.3. The highest BCUT2D eigenvalue weighted by atomic mass is 32.2. The standard InChI is InChI=1S/C46H83N2O11PS/c1-6-8-10-12-14-16-18-20-22-24-26-28-32-43(42(49)31-30-33-44(50)51)61-39-41(47)46(53)56-37-40(38-58-60(54,55)57-36-35-48(3,4)5)59-45(52)34-29-27-25-23-21-19-17-15-13-11-9-7-2/h14,16,20,22,24,26,28,32,40-43,49H,6-13,15,17-19,21,23,25,27,29-31,33-39,47H2,1-5H3,(H-,50,51,54,55)/p+1/b16-14-,22-20-,26-24+,32-28+/t40-,41+,42+,43-/m1/s1. The second-order valence-electron chi connectivity index (χ2n) is 16.7. The lowest BCUT2D eigenvalue weighted by Gasteiger charge is -2.24. The molecule has 0 bridgehead atoms. The molecule has 0 aromatic carbocycles. The maximum atomic E-state index is 13.0. The van der Waals surface area contributed by atoms with Gasteiger partial charge in [-0.3, -0.25) is 23.4 Å². The van der Waals surface area contributed by atoms with Crippen molar-refractivity contribution < 1.29 is 57.1 Å². The number of carboxylic acid groups (broad SMARTS) is 1. The Balaban J connectivity index is 5.27. The first kappa shape index (κ1) is 58.7. The summed E-state index contributed by atoms with van der Waals surface area (Å²) in [5.41, 5.74) is 6.20. The molecule has 0 aromatic heterocycles. The minimum atomic E-state index is -4.51. The lowest BCUT2D eigenvalue weighted by molar-refractivity contribution is -0.870. The van der Waals surface area contributed by atoms with Crippen LogP contribution in [0.5, 0.6) is 0 Å². The molecule has 0 fully saturated rings. The molecular formula is C46H84N2O11PS+. The normalized spacial score (nSPS) is 15.4. The van der Waals surface area contributed by atoms with Crippen LogP contribution in [-0.2, 0) is 37.5 Å². The fourth-order valence-corrected chi connectivity index (χ4v) is 7.73. The van der Waals surface area contributed by atoms with E-state index in [4.69, 9.17) is 29.4 Å². The first-order valence-corrected chi connectivity index (χ1v) is 25.3. The maximum absolute atomic E-state index is 13.0. The molecule has 5 atom stereocenters. The van der Waals surface area contributed by atoms with Crippen LogP contribution in [-0.4, -0.2) is 114 Å². The van der Waals surface area contributed by atoms with Gasteiger partial charge in [-0.05, 0) is 38.5 Å². The van der Waals surface area contributed by atoms with Crippen molar-refractivity contribution in [1.29, 1.82) is 0 Å². The molecule has 0 spiro atoms. The number of unbranched alkanes of at least 4 members (excludes halogenated alkanes) is 14. The first-order valence-electron chi connectivity index (χ1n) is 22.8. The molecule has 0 radical (unpaired) electrons. The predicted octanol–water partition coefficient (Wildman–Crippen LogP) is 9.61. The number of rotatable bonds is 41. The number of ether oxygens (including phenoxy) is 2. The second kappa shape index (κ2) is 38.2. The minimum absolute atomic E-state index is 0.0445. The van der Waals surface area contributed by atoms with Gasteiger partial charge in [0.05, 0.1) is 33.9 Å². The van der Waals surface area contributed by atoms with Gasteiger partial charge in [0.25, 0.3) is 0 Å². The van der Waals surface area contributed by atoms with Crippen LogP contribution in [0.25, 0.3) is 0 Å². The van der Waals surface area contributed by atoms with E-state index >= 15 is 0 Å². The van der Waals surface area contributed by atoms with E-state index < -0.39 is 62.4 Å². The maximum Gasteiger partial charge on any atom is 0.472 e. The minimum Gasteiger partial charge on any atom is -0.481 e. The van der Waals surface area contributed by atoms with Crippen LogP contribution in [0.1, 0.15) is 149 Å². The molecule has 13 nitrogen and oxygen atoms in total. The van der Waals surface area contributed by atoms with E-state index in [2.05, 4.69) is 26.0 Å². The van der Waals surface area contributed by atoms with Crippen molar-refractivity contribution in [3.05, 3.63) is 48.6 Å². The Bertz CT molecular complexity index is 1300. The number of hydrogen-bond acceptors (Lipinski definition) is 11. The number of aliphatic carboxylic acids is 1. The average molecular weight is 904 g/mol. The largest absolute Gasteiger partial charge is 0.481 e. The summed E-state index contributed by atoms with van der Waals surface area (Å²) >= 11 is 1.23. The van der Waals surface area contributed by atoms with Gasteiger partial charge < -0.3 is 34.8 Å². The van der Waals surface area contributed by atoms with Crippen molar-refractivity contribution >= 4 is 37.5 Å². The van der Waals surface area contributed by atoms with Crippen molar-refractivity contribution in [3.63, 3.8) is 0 Å². The Morgan fingerprint density at radius 2 is 1.36 bits per heavy atom. The van der Waals surface area contributed by atoms with Crippen molar-refractivity contribution in [2.45, 2.75) is 172 Å². The number of allylic oxidation sites excluding steroid dienone is 7. The van der Waals surface area contributed by atoms with Crippen molar-refractivity contribution in [1.82, 2.24) is 0 Å². The number of aliphatic hydroxyl groups excluding tert-OH is 1. The number of thioether (sulfide) groups is 1. The van der Waals surface area contributed by atoms with Gasteiger partial charge in [-0.25, -0.2) is 4.57 Å². The number of carbonyl (C=O) groups excluding carboxylic acids is 2. The van der Waals surface area contributed by atoms with Crippen LogP contribution in [0.2, 0.25) is 0 Å². The van der Waals surface area contributed by atoms with Gasteiger partial charge >= 0.3 is 25.7 Å². The highest BCUT2D eigenvalue weighted by molar-refractivity contribution is 8.00. The van der Waals surface area contributed by atoms with Gasteiger partial charge in [-0.1, -0.05) is 146 Å². The van der Waals surface area contributed by atoms with Gasteiger partial charge in [-0.2, -0.15) is 0 Å². The lowest BCUT2D eigenvalue weighted by atomic mass is 10.0. The predicted molar refractivity (Wildman–Crippen MR) is 248 cm³/mol. The van der Waals surface area contributed by atoms with Crippen LogP contribution >= 0.6 is 19.6 Å². The highest BCUT2D eigenvalue weighted by Crippen LogP contribution is 2.43. The molecular weight excluding hydrogens is 820 g/mol. The molecule has 0 aliphatic heterocycles. The van der Waals surface area contributed by atoms with Crippen molar-refractivity contribution in [3.8, 4) is 0 Å². The summed E-state index contributed by atoms with van der Waals surface area (Å²) in [6, 6.07) is -1.12. The number of carboxylic acids is 1. The summed E-state index contributed by atoms with van der Waals surface area (Å²) < 4.78 is 34.3. The Morgan fingerprint density at radius 1 is 0.754 bits per heavy atom. The third kappa shape index (κ3) is 39.1. The fraction of sp³-hybridized carbons (Fsp3) is 0.761. The zero-order valence-corrected chi connectivity index (χ0v) is 40.0. The van der Waals surface area contributed by atoms with Crippen LogP contribution in [0, 0.1) is 0 Å². The number of likely N-dealkylation sites (N-methyl/N-ethyl adjacent to an activating group) is 1. The fourth-order valence-electron chi connectivity index (χ4n) is 5.87. The highest BCUT2D eigenvalue weighted by Gasteiger charge is 2.28. The zero-order valence-electron chi connectivity index (χ0n) is 38.3. The molecule has 0 saturated carbocycles. The molecule has 5 N–H and O–H groups in total. The number of nitrogens with zero attached hydrogens (tertiary/aromatic N) is 1. The van der Waals surface area contributed by atoms with Gasteiger partial charge in [0, 0.05) is 23.8 Å². The third-order valence-corrected chi connectivity index (χ3v) is 12.0. The van der Waals surface area contributed by atoms with Crippen LogP contribution in [0.4, 0.5) is 0 Å². The van der Waals surface area contributed by atoms with Gasteiger partial charge in [0.2, 0.25) is 0 Å².